The van der Waals surface area contributed by atoms with E-state index < -0.39 is 28.0 Å². The fourth-order valence-corrected chi connectivity index (χ4v) is 5.37. The van der Waals surface area contributed by atoms with E-state index >= 15 is 0 Å². The lowest BCUT2D eigenvalue weighted by atomic mass is 9.77. The van der Waals surface area contributed by atoms with Crippen molar-refractivity contribution >= 4 is 17.5 Å². The Labute approximate surface area is 217 Å². The number of nitrogens with zero attached hydrogens (tertiary/aromatic N) is 5. The highest BCUT2D eigenvalue weighted by atomic mass is 19.1. The van der Waals surface area contributed by atoms with Crippen molar-refractivity contribution in [3.8, 4) is 11.3 Å². The van der Waals surface area contributed by atoms with E-state index in [1.165, 1.54) is 34.7 Å². The number of nitro benzene ring substituents is 1. The first-order valence-corrected chi connectivity index (χ1v) is 12.5. The molecule has 2 aliphatic rings. The maximum Gasteiger partial charge on any atom is 0.270 e. The summed E-state index contributed by atoms with van der Waals surface area (Å²) in [6.45, 7) is 3.44. The van der Waals surface area contributed by atoms with Crippen molar-refractivity contribution in [3.63, 3.8) is 0 Å². The summed E-state index contributed by atoms with van der Waals surface area (Å²) in [5.41, 5.74) is 0.692. The van der Waals surface area contributed by atoms with Crippen molar-refractivity contribution in [2.45, 2.75) is 32.7 Å². The van der Waals surface area contributed by atoms with Gasteiger partial charge in [-0.15, -0.1) is 0 Å². The zero-order chi connectivity index (χ0) is 27.0. The van der Waals surface area contributed by atoms with Crippen LogP contribution in [-0.2, 0) is 11.3 Å². The predicted octanol–water partition coefficient (Wildman–Crippen LogP) is 4.20. The highest BCUT2D eigenvalue weighted by Crippen LogP contribution is 2.41. The molecule has 2 fully saturated rings. The number of aryl methyl sites for hydroxylation is 1. The number of amides is 2. The monoisotopic (exact) mass is 523 g/mol. The molecule has 11 heteroatoms. The maximum absolute atomic E-state index is 14.5. The van der Waals surface area contributed by atoms with Crippen molar-refractivity contribution in [3.05, 3.63) is 81.5 Å². The highest BCUT2D eigenvalue weighted by Gasteiger charge is 2.43. The third-order valence-corrected chi connectivity index (χ3v) is 7.69. The van der Waals surface area contributed by atoms with Crippen LogP contribution in [0.5, 0.6) is 0 Å². The van der Waals surface area contributed by atoms with Gasteiger partial charge in [-0.05, 0) is 49.3 Å². The third kappa shape index (κ3) is 4.88. The summed E-state index contributed by atoms with van der Waals surface area (Å²) in [6.07, 6.45) is 3.77. The van der Waals surface area contributed by atoms with Crippen LogP contribution in [0.1, 0.15) is 35.2 Å². The van der Waals surface area contributed by atoms with Crippen LogP contribution in [0.15, 0.2) is 48.7 Å². The molecule has 0 atom stereocenters. The Bertz CT molecular complexity index is 1410. The summed E-state index contributed by atoms with van der Waals surface area (Å²) in [6, 6.07) is 10.3. The number of carbonyl (C=O) groups excluding carboxylic acids is 2. The van der Waals surface area contributed by atoms with Gasteiger partial charge in [-0.2, -0.15) is 5.10 Å². The van der Waals surface area contributed by atoms with Crippen LogP contribution in [-0.4, -0.2) is 62.5 Å². The standard InChI is InChI=1S/C27H27F2N5O4/c1-18-5-6-21(28)24(25(18)29)26(36)31-12-8-27(9-13-31)10-14-32(17-27)23(35)16-33-11-7-22(30-33)19-3-2-4-20(15-19)34(37)38/h2-7,11,15H,8-10,12-14,16-17H2,1H3. The second kappa shape index (κ2) is 9.96. The molecular formula is C27H27F2N5O4. The van der Waals surface area contributed by atoms with Crippen LogP contribution < -0.4 is 0 Å². The van der Waals surface area contributed by atoms with Gasteiger partial charge in [0.05, 0.1) is 10.6 Å². The molecule has 0 saturated carbocycles. The summed E-state index contributed by atoms with van der Waals surface area (Å²) in [7, 11) is 0. The van der Waals surface area contributed by atoms with Gasteiger partial charge >= 0.3 is 0 Å². The van der Waals surface area contributed by atoms with Gasteiger partial charge in [-0.1, -0.05) is 18.2 Å². The first-order valence-electron chi connectivity index (χ1n) is 12.5. The number of halogens is 2. The zero-order valence-electron chi connectivity index (χ0n) is 20.9. The molecular weight excluding hydrogens is 496 g/mol. The normalized spacial score (nSPS) is 16.7. The summed E-state index contributed by atoms with van der Waals surface area (Å²) >= 11 is 0. The van der Waals surface area contributed by atoms with E-state index in [9.17, 15) is 28.5 Å². The lowest BCUT2D eigenvalue weighted by molar-refractivity contribution is -0.384. The van der Waals surface area contributed by atoms with E-state index in [1.54, 1.807) is 29.3 Å². The number of benzene rings is 2. The molecule has 2 aliphatic heterocycles. The van der Waals surface area contributed by atoms with Crippen molar-refractivity contribution < 1.29 is 23.3 Å². The number of non-ortho nitro benzene ring substituents is 1. The molecule has 9 nitrogen and oxygen atoms in total. The molecule has 2 amide bonds. The second-order valence-electron chi connectivity index (χ2n) is 10.1. The van der Waals surface area contributed by atoms with Crippen LogP contribution >= 0.6 is 0 Å². The predicted molar refractivity (Wildman–Crippen MR) is 134 cm³/mol. The molecule has 0 unspecified atom stereocenters. The SMILES string of the molecule is Cc1ccc(F)c(C(=O)N2CCC3(CCN(C(=O)Cn4ccc(-c5cccc([N+](=O)[O-])c5)n4)C3)CC2)c1F. The van der Waals surface area contributed by atoms with Crippen LogP contribution in [0.4, 0.5) is 14.5 Å². The molecule has 3 aromatic rings. The summed E-state index contributed by atoms with van der Waals surface area (Å²) in [4.78, 5) is 39.8. The fourth-order valence-electron chi connectivity index (χ4n) is 5.37. The first kappa shape index (κ1) is 25.5. The molecule has 198 valence electrons. The molecule has 0 bridgehead atoms. The van der Waals surface area contributed by atoms with Crippen LogP contribution in [0.3, 0.4) is 0 Å². The molecule has 0 aliphatic carbocycles. The van der Waals surface area contributed by atoms with Gasteiger partial charge in [0.15, 0.2) is 0 Å². The molecule has 3 heterocycles. The largest absolute Gasteiger partial charge is 0.341 e. The second-order valence-corrected chi connectivity index (χ2v) is 10.1. The summed E-state index contributed by atoms with van der Waals surface area (Å²) < 4.78 is 30.2. The lowest BCUT2D eigenvalue weighted by Gasteiger charge is -2.39. The Morgan fingerprint density at radius 2 is 1.76 bits per heavy atom. The highest BCUT2D eigenvalue weighted by molar-refractivity contribution is 5.95. The number of hydrogen-bond acceptors (Lipinski definition) is 5. The molecule has 0 radical (unpaired) electrons. The van der Waals surface area contributed by atoms with Crippen LogP contribution in [0.25, 0.3) is 11.3 Å². The Hall–Kier alpha value is -4.15. The Morgan fingerprint density at radius 1 is 1.05 bits per heavy atom. The number of rotatable bonds is 5. The van der Waals surface area contributed by atoms with Crippen molar-refractivity contribution in [1.29, 1.82) is 0 Å². The topological polar surface area (TPSA) is 102 Å². The first-order chi connectivity index (χ1) is 18.2. The maximum atomic E-state index is 14.5. The van der Waals surface area contributed by atoms with Crippen molar-refractivity contribution in [2.24, 2.45) is 5.41 Å². The van der Waals surface area contributed by atoms with E-state index in [-0.39, 0.29) is 29.1 Å². The van der Waals surface area contributed by atoms with Gasteiger partial charge in [0.1, 0.15) is 23.7 Å². The number of hydrogen-bond donors (Lipinski definition) is 0. The Balaban J connectivity index is 1.18. The molecule has 38 heavy (non-hydrogen) atoms. The van der Waals surface area contributed by atoms with Gasteiger partial charge in [0.25, 0.3) is 11.6 Å². The number of piperidine rings is 1. The molecule has 0 N–H and O–H groups in total. The van der Waals surface area contributed by atoms with E-state index in [0.29, 0.717) is 50.3 Å². The average Bonchev–Trinajstić information content (AvgIpc) is 3.54. The number of aromatic nitrogens is 2. The summed E-state index contributed by atoms with van der Waals surface area (Å²) in [5.74, 6) is -2.40. The fraction of sp³-hybridized carbons (Fsp3) is 0.370. The lowest BCUT2D eigenvalue weighted by Crippen LogP contribution is -2.45. The minimum Gasteiger partial charge on any atom is -0.341 e. The Morgan fingerprint density at radius 3 is 2.47 bits per heavy atom. The molecule has 2 saturated heterocycles. The van der Waals surface area contributed by atoms with E-state index in [2.05, 4.69) is 5.10 Å². The van der Waals surface area contributed by atoms with E-state index in [0.717, 1.165) is 12.5 Å². The van der Waals surface area contributed by atoms with E-state index in [4.69, 9.17) is 0 Å². The average molecular weight is 524 g/mol. The van der Waals surface area contributed by atoms with Crippen LogP contribution in [0, 0.1) is 34.1 Å². The summed E-state index contributed by atoms with van der Waals surface area (Å²) in [5, 5.41) is 15.5. The van der Waals surface area contributed by atoms with Gasteiger partial charge < -0.3 is 9.80 Å². The van der Waals surface area contributed by atoms with Gasteiger partial charge in [0, 0.05) is 50.1 Å². The minimum atomic E-state index is -0.858. The minimum absolute atomic E-state index is 0.0302. The van der Waals surface area contributed by atoms with Gasteiger partial charge in [0.2, 0.25) is 5.91 Å². The molecule has 1 aromatic heterocycles. The molecule has 2 aromatic carbocycles. The smallest absolute Gasteiger partial charge is 0.270 e. The van der Waals surface area contributed by atoms with Crippen molar-refractivity contribution in [2.75, 3.05) is 26.2 Å². The van der Waals surface area contributed by atoms with E-state index in [1.807, 2.05) is 0 Å². The zero-order valence-corrected chi connectivity index (χ0v) is 20.9. The quantitative estimate of drug-likeness (QED) is 0.369. The van der Waals surface area contributed by atoms with Crippen LogP contribution in [0.2, 0.25) is 0 Å². The Kier molecular flexibility index (Phi) is 6.68. The van der Waals surface area contributed by atoms with Gasteiger partial charge in [-0.3, -0.25) is 24.4 Å². The number of carbonyl (C=O) groups is 2. The number of likely N-dealkylation sites (tertiary alicyclic amines) is 2. The third-order valence-electron chi connectivity index (χ3n) is 7.69. The number of nitro groups is 1. The van der Waals surface area contributed by atoms with Crippen molar-refractivity contribution in [1.82, 2.24) is 19.6 Å². The molecule has 1 spiro atoms. The van der Waals surface area contributed by atoms with Gasteiger partial charge in [-0.25, -0.2) is 8.78 Å². The molecule has 5 rings (SSSR count).